The fourth-order valence-corrected chi connectivity index (χ4v) is 3.21. The van der Waals surface area contributed by atoms with Crippen molar-refractivity contribution in [2.24, 2.45) is 0 Å². The Labute approximate surface area is 130 Å². The molecular formula is C12H12BrClN2O3S. The van der Waals surface area contributed by atoms with E-state index >= 15 is 0 Å². The molecule has 0 amide bonds. The lowest BCUT2D eigenvalue weighted by Crippen LogP contribution is -2.12. The Morgan fingerprint density at radius 1 is 1.30 bits per heavy atom. The van der Waals surface area contributed by atoms with Gasteiger partial charge in [0.1, 0.15) is 5.76 Å². The van der Waals surface area contributed by atoms with E-state index in [4.69, 9.17) is 16.0 Å². The van der Waals surface area contributed by atoms with Crippen LogP contribution in [-0.2, 0) is 16.6 Å². The molecule has 2 aromatic rings. The summed E-state index contributed by atoms with van der Waals surface area (Å²) in [7, 11) is -2.04. The Morgan fingerprint density at radius 3 is 2.75 bits per heavy atom. The maximum Gasteiger partial charge on any atom is 0.295 e. The Balaban J connectivity index is 2.28. The minimum Gasteiger partial charge on any atom is -0.446 e. The predicted octanol–water partition coefficient (Wildman–Crippen LogP) is 3.22. The van der Waals surface area contributed by atoms with Crippen LogP contribution in [0.2, 0.25) is 5.02 Å². The zero-order chi connectivity index (χ0) is 14.8. The zero-order valence-electron chi connectivity index (χ0n) is 10.5. The van der Waals surface area contributed by atoms with Gasteiger partial charge in [-0.25, -0.2) is 0 Å². The van der Waals surface area contributed by atoms with Gasteiger partial charge in [0.2, 0.25) is 5.09 Å². The van der Waals surface area contributed by atoms with Crippen molar-refractivity contribution in [3.8, 4) is 0 Å². The summed E-state index contributed by atoms with van der Waals surface area (Å²) in [5.41, 5.74) is 0.351. The fraction of sp³-hybridized carbons (Fsp3) is 0.167. The number of anilines is 1. The fourth-order valence-electron chi connectivity index (χ4n) is 1.54. The molecule has 0 atom stereocenters. The lowest BCUT2D eigenvalue weighted by Gasteiger charge is -2.08. The summed E-state index contributed by atoms with van der Waals surface area (Å²) >= 11 is 9.11. The lowest BCUT2D eigenvalue weighted by molar-refractivity contribution is 0.408. The van der Waals surface area contributed by atoms with Crippen molar-refractivity contribution in [2.75, 3.05) is 11.8 Å². The SMILES string of the molecule is CNCc1ccc(S(=O)(=O)Nc2cc(Cl)ccc2Br)o1. The molecule has 1 heterocycles. The topological polar surface area (TPSA) is 71.3 Å². The first kappa shape index (κ1) is 15.4. The van der Waals surface area contributed by atoms with Crippen LogP contribution in [0.1, 0.15) is 5.76 Å². The third kappa shape index (κ3) is 3.54. The minimum atomic E-state index is -3.78. The number of sulfonamides is 1. The molecule has 0 aliphatic rings. The highest BCUT2D eigenvalue weighted by Crippen LogP contribution is 2.28. The molecule has 0 bridgehead atoms. The molecule has 0 aliphatic heterocycles. The van der Waals surface area contributed by atoms with Crippen molar-refractivity contribution in [3.63, 3.8) is 0 Å². The average molecular weight is 380 g/mol. The molecule has 0 fully saturated rings. The summed E-state index contributed by atoms with van der Waals surface area (Å²) in [4.78, 5) is 0. The van der Waals surface area contributed by atoms with Crippen LogP contribution in [0.4, 0.5) is 5.69 Å². The van der Waals surface area contributed by atoms with Gasteiger partial charge in [0, 0.05) is 9.50 Å². The maximum atomic E-state index is 12.2. The summed E-state index contributed by atoms with van der Waals surface area (Å²) in [6.07, 6.45) is 0. The molecule has 0 radical (unpaired) electrons. The van der Waals surface area contributed by atoms with Gasteiger partial charge in [-0.1, -0.05) is 11.6 Å². The molecule has 1 aromatic heterocycles. The highest BCUT2D eigenvalue weighted by atomic mass is 79.9. The van der Waals surface area contributed by atoms with Gasteiger partial charge in [0.05, 0.1) is 12.2 Å². The normalized spacial score (nSPS) is 11.6. The Kier molecular flexibility index (Phi) is 4.74. The standard InChI is InChI=1S/C12H12BrClN2O3S/c1-15-7-9-3-5-12(19-9)20(17,18)16-11-6-8(14)2-4-10(11)13/h2-6,15-16H,7H2,1H3. The van der Waals surface area contributed by atoms with Crippen molar-refractivity contribution in [1.29, 1.82) is 0 Å². The molecule has 1 aromatic carbocycles. The monoisotopic (exact) mass is 378 g/mol. The van der Waals surface area contributed by atoms with Crippen LogP contribution < -0.4 is 10.0 Å². The van der Waals surface area contributed by atoms with Crippen molar-refractivity contribution >= 4 is 43.2 Å². The third-order valence-electron chi connectivity index (χ3n) is 2.43. The number of hydrogen-bond acceptors (Lipinski definition) is 4. The Morgan fingerprint density at radius 2 is 2.05 bits per heavy atom. The summed E-state index contributed by atoms with van der Waals surface area (Å²) in [5, 5.41) is 3.17. The van der Waals surface area contributed by atoms with Crippen molar-refractivity contribution in [2.45, 2.75) is 11.6 Å². The number of nitrogens with one attached hydrogen (secondary N) is 2. The number of halogens is 2. The molecule has 2 rings (SSSR count). The molecular weight excluding hydrogens is 368 g/mol. The van der Waals surface area contributed by atoms with E-state index in [9.17, 15) is 8.42 Å². The van der Waals surface area contributed by atoms with Crippen LogP contribution in [0.3, 0.4) is 0 Å². The number of rotatable bonds is 5. The second-order valence-corrected chi connectivity index (χ2v) is 6.88. The maximum absolute atomic E-state index is 12.2. The quantitative estimate of drug-likeness (QED) is 0.837. The van der Waals surface area contributed by atoms with Gasteiger partial charge in [-0.05, 0) is 53.3 Å². The van der Waals surface area contributed by atoms with Crippen molar-refractivity contribution in [1.82, 2.24) is 5.32 Å². The van der Waals surface area contributed by atoms with Crippen molar-refractivity contribution < 1.29 is 12.8 Å². The molecule has 20 heavy (non-hydrogen) atoms. The lowest BCUT2D eigenvalue weighted by atomic mass is 10.3. The van der Waals surface area contributed by atoms with Crippen LogP contribution in [0.5, 0.6) is 0 Å². The third-order valence-corrected chi connectivity index (χ3v) is 4.59. The van der Waals surface area contributed by atoms with Crippen LogP contribution >= 0.6 is 27.5 Å². The molecule has 2 N–H and O–H groups in total. The van der Waals surface area contributed by atoms with E-state index in [0.29, 0.717) is 27.5 Å². The summed E-state index contributed by atoms with van der Waals surface area (Å²) in [5.74, 6) is 0.540. The molecule has 0 saturated carbocycles. The van der Waals surface area contributed by atoms with E-state index in [2.05, 4.69) is 26.0 Å². The van der Waals surface area contributed by atoms with Gasteiger partial charge in [0.25, 0.3) is 10.0 Å². The first-order chi connectivity index (χ1) is 9.42. The van der Waals surface area contributed by atoms with E-state index in [1.807, 2.05) is 0 Å². The minimum absolute atomic E-state index is 0.144. The molecule has 0 spiro atoms. The predicted molar refractivity (Wildman–Crippen MR) is 81.4 cm³/mol. The molecule has 5 nitrogen and oxygen atoms in total. The van der Waals surface area contributed by atoms with E-state index in [1.165, 1.54) is 12.1 Å². The van der Waals surface area contributed by atoms with Crippen LogP contribution in [0.15, 0.2) is 44.3 Å². The van der Waals surface area contributed by atoms with Crippen LogP contribution in [0, 0.1) is 0 Å². The number of furan rings is 1. The smallest absolute Gasteiger partial charge is 0.295 e. The van der Waals surface area contributed by atoms with Gasteiger partial charge in [-0.15, -0.1) is 0 Å². The average Bonchev–Trinajstić information content (AvgIpc) is 2.83. The molecule has 0 saturated heterocycles. The largest absolute Gasteiger partial charge is 0.446 e. The first-order valence-corrected chi connectivity index (χ1v) is 8.29. The zero-order valence-corrected chi connectivity index (χ0v) is 13.6. The van der Waals surface area contributed by atoms with E-state index < -0.39 is 10.0 Å². The molecule has 108 valence electrons. The van der Waals surface area contributed by atoms with E-state index in [-0.39, 0.29) is 5.09 Å². The first-order valence-electron chi connectivity index (χ1n) is 5.63. The van der Waals surface area contributed by atoms with E-state index in [0.717, 1.165) is 0 Å². The summed E-state index contributed by atoms with van der Waals surface area (Å²) in [6, 6.07) is 7.85. The van der Waals surface area contributed by atoms with Gasteiger partial charge in [0.15, 0.2) is 0 Å². The summed E-state index contributed by atoms with van der Waals surface area (Å²) < 4.78 is 32.7. The summed E-state index contributed by atoms with van der Waals surface area (Å²) in [6.45, 7) is 0.455. The Bertz CT molecular complexity index is 715. The second kappa shape index (κ2) is 6.17. The van der Waals surface area contributed by atoms with Gasteiger partial charge < -0.3 is 9.73 Å². The second-order valence-electron chi connectivity index (χ2n) is 3.98. The highest BCUT2D eigenvalue weighted by Gasteiger charge is 2.20. The molecule has 0 aliphatic carbocycles. The van der Waals surface area contributed by atoms with Crippen LogP contribution in [0.25, 0.3) is 0 Å². The van der Waals surface area contributed by atoms with E-state index in [1.54, 1.807) is 25.2 Å². The van der Waals surface area contributed by atoms with Gasteiger partial charge >= 0.3 is 0 Å². The highest BCUT2D eigenvalue weighted by molar-refractivity contribution is 9.10. The van der Waals surface area contributed by atoms with Gasteiger partial charge in [-0.3, -0.25) is 4.72 Å². The van der Waals surface area contributed by atoms with Gasteiger partial charge in [-0.2, -0.15) is 8.42 Å². The number of benzene rings is 1. The molecule has 0 unspecified atom stereocenters. The Hall–Kier alpha value is -1.02. The van der Waals surface area contributed by atoms with Crippen LogP contribution in [-0.4, -0.2) is 15.5 Å². The molecule has 8 heteroatoms. The van der Waals surface area contributed by atoms with Crippen molar-refractivity contribution in [3.05, 3.63) is 45.6 Å². The number of hydrogen-bond donors (Lipinski definition) is 2.